The molecule has 0 amide bonds. The molecule has 4 rings (SSSR count). The fourth-order valence-corrected chi connectivity index (χ4v) is 4.79. The van der Waals surface area contributed by atoms with E-state index in [0.717, 1.165) is 16.5 Å². The Morgan fingerprint density at radius 2 is 2.06 bits per heavy atom. The summed E-state index contributed by atoms with van der Waals surface area (Å²) in [4.78, 5) is 19.1. The molecular weight excluding hydrogens is 416 g/mol. The lowest BCUT2D eigenvalue weighted by Crippen LogP contribution is -2.13. The molecule has 2 N–H and O–H groups in total. The van der Waals surface area contributed by atoms with Crippen LogP contribution in [-0.2, 0) is 21.3 Å². The Labute approximate surface area is 179 Å². The number of H-pyrrole nitrogens is 1. The van der Waals surface area contributed by atoms with Crippen molar-refractivity contribution in [3.63, 3.8) is 0 Å². The minimum absolute atomic E-state index is 0.107. The van der Waals surface area contributed by atoms with E-state index in [2.05, 4.69) is 15.3 Å². The lowest BCUT2D eigenvalue weighted by Gasteiger charge is -2.10. The maximum Gasteiger partial charge on any atom is 0.354 e. The molecule has 0 aliphatic heterocycles. The van der Waals surface area contributed by atoms with Gasteiger partial charge in [-0.05, 0) is 61.5 Å². The molecule has 3 aromatic heterocycles. The first-order valence-corrected chi connectivity index (χ1v) is 11.2. The van der Waals surface area contributed by atoms with Crippen molar-refractivity contribution in [1.29, 1.82) is 0 Å². The van der Waals surface area contributed by atoms with E-state index in [-0.39, 0.29) is 11.5 Å². The molecule has 160 valence electrons. The van der Waals surface area contributed by atoms with Crippen LogP contribution in [0.25, 0.3) is 22.2 Å². The van der Waals surface area contributed by atoms with E-state index in [1.54, 1.807) is 32.3 Å². The predicted molar refractivity (Wildman–Crippen MR) is 117 cm³/mol. The number of esters is 1. The van der Waals surface area contributed by atoms with Gasteiger partial charge in [0.1, 0.15) is 10.6 Å². The van der Waals surface area contributed by atoms with Crippen molar-refractivity contribution in [1.82, 2.24) is 19.3 Å². The minimum atomic E-state index is -3.84. The number of hydrogen-bond donors (Lipinski definition) is 2. The molecular formula is C22H22N4O4S. The topological polar surface area (TPSA) is 106 Å². The summed E-state index contributed by atoms with van der Waals surface area (Å²) < 4.78 is 32.9. The molecule has 0 radical (unpaired) electrons. The molecule has 9 heteroatoms. The summed E-state index contributed by atoms with van der Waals surface area (Å²) in [6.07, 6.45) is 4.47. The van der Waals surface area contributed by atoms with Gasteiger partial charge >= 0.3 is 5.97 Å². The van der Waals surface area contributed by atoms with Gasteiger partial charge in [0, 0.05) is 36.0 Å². The Hall–Kier alpha value is -3.43. The molecule has 0 saturated carbocycles. The van der Waals surface area contributed by atoms with Gasteiger partial charge in [0.2, 0.25) is 0 Å². The highest BCUT2D eigenvalue weighted by molar-refractivity contribution is 7.90. The highest BCUT2D eigenvalue weighted by atomic mass is 32.2. The number of pyridine rings is 1. The van der Waals surface area contributed by atoms with Crippen molar-refractivity contribution >= 4 is 26.9 Å². The zero-order valence-corrected chi connectivity index (χ0v) is 17.9. The number of aromatic amines is 1. The smallest absolute Gasteiger partial charge is 0.354 e. The molecule has 1 aromatic carbocycles. The van der Waals surface area contributed by atoms with Crippen LogP contribution in [0.4, 0.5) is 0 Å². The summed E-state index contributed by atoms with van der Waals surface area (Å²) in [6, 6.07) is 12.1. The molecule has 3 heterocycles. The average Bonchev–Trinajstić information content (AvgIpc) is 3.39. The molecule has 0 unspecified atom stereocenters. The van der Waals surface area contributed by atoms with Crippen LogP contribution in [0.15, 0.2) is 66.0 Å². The number of nitrogens with one attached hydrogen (secondary N) is 2. The molecule has 0 saturated heterocycles. The van der Waals surface area contributed by atoms with E-state index in [1.807, 2.05) is 24.3 Å². The maximum absolute atomic E-state index is 13.3. The highest BCUT2D eigenvalue weighted by Crippen LogP contribution is 2.30. The SMILES string of the molecule is CCOC(=O)c1cc2cc(-c3cc(CNC)cn3S(=O)(=O)c3cccnc3)ccc2[nH]1. The van der Waals surface area contributed by atoms with Gasteiger partial charge in [-0.2, -0.15) is 0 Å². The summed E-state index contributed by atoms with van der Waals surface area (Å²) in [5.74, 6) is -0.431. The van der Waals surface area contributed by atoms with Gasteiger partial charge in [0.25, 0.3) is 10.0 Å². The fourth-order valence-electron chi connectivity index (χ4n) is 3.43. The molecule has 0 spiro atoms. The van der Waals surface area contributed by atoms with Crippen molar-refractivity contribution < 1.29 is 17.9 Å². The summed E-state index contributed by atoms with van der Waals surface area (Å²) in [7, 11) is -2.04. The molecule has 0 aliphatic rings. The van der Waals surface area contributed by atoms with Crippen LogP contribution in [0.5, 0.6) is 0 Å². The quantitative estimate of drug-likeness (QED) is 0.429. The van der Waals surface area contributed by atoms with E-state index in [9.17, 15) is 13.2 Å². The summed E-state index contributed by atoms with van der Waals surface area (Å²) in [5, 5.41) is 3.83. The number of hydrogen-bond acceptors (Lipinski definition) is 6. The first-order valence-electron chi connectivity index (χ1n) is 9.75. The van der Waals surface area contributed by atoms with Crippen molar-refractivity contribution in [2.75, 3.05) is 13.7 Å². The normalized spacial score (nSPS) is 11.7. The van der Waals surface area contributed by atoms with E-state index in [0.29, 0.717) is 23.5 Å². The number of ether oxygens (including phenoxy) is 1. The number of fused-ring (bicyclic) bond motifs is 1. The van der Waals surface area contributed by atoms with E-state index < -0.39 is 16.0 Å². The van der Waals surface area contributed by atoms with Crippen LogP contribution in [0.2, 0.25) is 0 Å². The Bertz CT molecular complexity index is 1340. The number of nitrogens with zero attached hydrogens (tertiary/aromatic N) is 2. The van der Waals surface area contributed by atoms with Gasteiger partial charge < -0.3 is 15.0 Å². The zero-order valence-electron chi connectivity index (χ0n) is 17.1. The number of benzene rings is 1. The fraction of sp³-hybridized carbons (Fsp3) is 0.182. The lowest BCUT2D eigenvalue weighted by atomic mass is 10.1. The number of carbonyl (C=O) groups is 1. The van der Waals surface area contributed by atoms with Gasteiger partial charge in [0.15, 0.2) is 0 Å². The number of aromatic nitrogens is 3. The second kappa shape index (κ2) is 8.37. The summed E-state index contributed by atoms with van der Waals surface area (Å²) >= 11 is 0. The number of rotatable bonds is 7. The molecule has 31 heavy (non-hydrogen) atoms. The van der Waals surface area contributed by atoms with Crippen LogP contribution in [-0.4, -0.2) is 42.0 Å². The van der Waals surface area contributed by atoms with Crippen molar-refractivity contribution in [3.05, 3.63) is 72.3 Å². The monoisotopic (exact) mass is 438 g/mol. The van der Waals surface area contributed by atoms with Gasteiger partial charge in [-0.25, -0.2) is 17.2 Å². The molecule has 8 nitrogen and oxygen atoms in total. The Balaban J connectivity index is 1.84. The zero-order chi connectivity index (χ0) is 22.0. The van der Waals surface area contributed by atoms with E-state index in [4.69, 9.17) is 4.74 Å². The standard InChI is InChI=1S/C22H22N4O4S/c1-3-30-22(27)20-11-17-10-16(6-7-19(17)25-20)21-9-15(12-23-2)14-26(21)31(28,29)18-5-4-8-24-13-18/h4-11,13-14,23,25H,3,12H2,1-2H3. The molecule has 0 bridgehead atoms. The van der Waals surface area contributed by atoms with Gasteiger partial charge in [-0.1, -0.05) is 6.07 Å². The Kier molecular flexibility index (Phi) is 5.62. The first-order chi connectivity index (χ1) is 14.9. The third-order valence-electron chi connectivity index (χ3n) is 4.83. The Morgan fingerprint density at radius 3 is 2.77 bits per heavy atom. The van der Waals surface area contributed by atoms with Crippen LogP contribution >= 0.6 is 0 Å². The summed E-state index contributed by atoms with van der Waals surface area (Å²) in [6.45, 7) is 2.55. The van der Waals surface area contributed by atoms with Crippen LogP contribution in [0.1, 0.15) is 23.0 Å². The van der Waals surface area contributed by atoms with Crippen LogP contribution in [0.3, 0.4) is 0 Å². The van der Waals surface area contributed by atoms with Crippen molar-refractivity contribution in [2.24, 2.45) is 0 Å². The predicted octanol–water partition coefficient (Wildman–Crippen LogP) is 3.16. The maximum atomic E-state index is 13.3. The first kappa shape index (κ1) is 20.8. The number of carbonyl (C=O) groups excluding carboxylic acids is 1. The molecule has 0 aliphatic carbocycles. The van der Waals surface area contributed by atoms with E-state index in [1.165, 1.54) is 22.4 Å². The van der Waals surface area contributed by atoms with Crippen molar-refractivity contribution in [2.45, 2.75) is 18.4 Å². The highest BCUT2D eigenvalue weighted by Gasteiger charge is 2.22. The Morgan fingerprint density at radius 1 is 1.23 bits per heavy atom. The largest absolute Gasteiger partial charge is 0.461 e. The van der Waals surface area contributed by atoms with E-state index >= 15 is 0 Å². The molecule has 0 fully saturated rings. The van der Waals surface area contributed by atoms with Crippen molar-refractivity contribution in [3.8, 4) is 11.3 Å². The van der Waals surface area contributed by atoms with Gasteiger partial charge in [-0.15, -0.1) is 0 Å². The summed E-state index contributed by atoms with van der Waals surface area (Å²) in [5.41, 5.74) is 3.16. The second-order valence-corrected chi connectivity index (χ2v) is 8.77. The minimum Gasteiger partial charge on any atom is -0.461 e. The van der Waals surface area contributed by atoms with Gasteiger partial charge in [-0.3, -0.25) is 4.98 Å². The van der Waals surface area contributed by atoms with Crippen LogP contribution < -0.4 is 5.32 Å². The van der Waals surface area contributed by atoms with Crippen LogP contribution in [0, 0.1) is 0 Å². The average molecular weight is 439 g/mol. The molecule has 0 atom stereocenters. The second-order valence-electron chi connectivity index (χ2n) is 6.96. The third kappa shape index (κ3) is 3.97. The van der Waals surface area contributed by atoms with Gasteiger partial charge in [0.05, 0.1) is 12.3 Å². The third-order valence-corrected chi connectivity index (χ3v) is 6.48. The molecule has 4 aromatic rings. The lowest BCUT2D eigenvalue weighted by molar-refractivity contribution is 0.0520.